The van der Waals surface area contributed by atoms with Crippen molar-refractivity contribution in [1.29, 1.82) is 0 Å². The van der Waals surface area contributed by atoms with Gasteiger partial charge in [0.15, 0.2) is 0 Å². The monoisotopic (exact) mass is 303 g/mol. The molecule has 1 aromatic rings. The lowest BCUT2D eigenvalue weighted by atomic mass is 10.0. The highest BCUT2D eigenvalue weighted by Crippen LogP contribution is 2.30. The summed E-state index contributed by atoms with van der Waals surface area (Å²) in [6.45, 7) is 9.56. The van der Waals surface area contributed by atoms with Gasteiger partial charge in [-0.2, -0.15) is 0 Å². The third-order valence-corrected chi connectivity index (χ3v) is 3.65. The maximum Gasteiger partial charge on any atom is 0.224 e. The molecule has 1 aromatic carbocycles. The Hall–Kier alpha value is -1.97. The minimum absolute atomic E-state index is 0.0419. The Morgan fingerprint density at radius 2 is 2.14 bits per heavy atom. The lowest BCUT2D eigenvalue weighted by molar-refractivity contribution is -0.115. The predicted molar refractivity (Wildman–Crippen MR) is 95.2 cm³/mol. The summed E-state index contributed by atoms with van der Waals surface area (Å²) in [5.74, 6) is 0.0419. The minimum atomic E-state index is 0.0419. The van der Waals surface area contributed by atoms with E-state index < -0.39 is 0 Å². The van der Waals surface area contributed by atoms with Crippen molar-refractivity contribution in [2.45, 2.75) is 47.0 Å². The normalized spacial score (nSPS) is 13.8. The SMILES string of the molecule is C/C=C(\N)CN1CCCc2ccc(NC(=O)CC)cc21.CC. The van der Waals surface area contributed by atoms with Gasteiger partial charge in [-0.1, -0.05) is 32.9 Å². The minimum Gasteiger partial charge on any atom is -0.401 e. The van der Waals surface area contributed by atoms with E-state index >= 15 is 0 Å². The summed E-state index contributed by atoms with van der Waals surface area (Å²) in [5, 5.41) is 2.92. The molecule has 1 amide bonds. The highest BCUT2D eigenvalue weighted by molar-refractivity contribution is 5.91. The first-order valence-electron chi connectivity index (χ1n) is 8.22. The van der Waals surface area contributed by atoms with E-state index in [2.05, 4.69) is 22.3 Å². The van der Waals surface area contributed by atoms with Crippen molar-refractivity contribution in [1.82, 2.24) is 0 Å². The molecule has 4 nitrogen and oxygen atoms in total. The number of carbonyl (C=O) groups excluding carboxylic acids is 1. The van der Waals surface area contributed by atoms with E-state index in [9.17, 15) is 4.79 Å². The first-order valence-corrected chi connectivity index (χ1v) is 8.22. The van der Waals surface area contributed by atoms with Gasteiger partial charge in [-0.05, 0) is 37.5 Å². The van der Waals surface area contributed by atoms with Crippen LogP contribution in [0.5, 0.6) is 0 Å². The maximum absolute atomic E-state index is 11.5. The van der Waals surface area contributed by atoms with Gasteiger partial charge in [-0.15, -0.1) is 0 Å². The van der Waals surface area contributed by atoms with Gasteiger partial charge >= 0.3 is 0 Å². The molecular weight excluding hydrogens is 274 g/mol. The van der Waals surface area contributed by atoms with Gasteiger partial charge in [-0.3, -0.25) is 4.79 Å². The topological polar surface area (TPSA) is 58.4 Å². The number of hydrogen-bond acceptors (Lipinski definition) is 3. The van der Waals surface area contributed by atoms with E-state index in [0.717, 1.165) is 37.3 Å². The van der Waals surface area contributed by atoms with E-state index in [1.54, 1.807) is 0 Å². The molecule has 0 saturated heterocycles. The maximum atomic E-state index is 11.5. The molecule has 1 heterocycles. The van der Waals surface area contributed by atoms with E-state index in [1.807, 2.05) is 39.8 Å². The van der Waals surface area contributed by atoms with E-state index in [0.29, 0.717) is 6.42 Å². The molecule has 122 valence electrons. The van der Waals surface area contributed by atoms with Crippen LogP contribution in [0.4, 0.5) is 11.4 Å². The first-order chi connectivity index (χ1) is 10.6. The summed E-state index contributed by atoms with van der Waals surface area (Å²) < 4.78 is 0. The summed E-state index contributed by atoms with van der Waals surface area (Å²) in [4.78, 5) is 13.8. The zero-order valence-electron chi connectivity index (χ0n) is 14.3. The van der Waals surface area contributed by atoms with Crippen molar-refractivity contribution >= 4 is 17.3 Å². The fraction of sp³-hybridized carbons (Fsp3) is 0.500. The Kier molecular flexibility index (Phi) is 7.50. The summed E-state index contributed by atoms with van der Waals surface area (Å²) in [7, 11) is 0. The van der Waals surface area contributed by atoms with Crippen LogP contribution in [-0.4, -0.2) is 19.0 Å². The Balaban J connectivity index is 0.00000116. The molecule has 0 aromatic heterocycles. The highest BCUT2D eigenvalue weighted by Gasteiger charge is 2.17. The quantitative estimate of drug-likeness (QED) is 0.892. The molecule has 1 aliphatic rings. The number of benzene rings is 1. The average molecular weight is 303 g/mol. The highest BCUT2D eigenvalue weighted by atomic mass is 16.1. The molecule has 2 rings (SSSR count). The van der Waals surface area contributed by atoms with Crippen LogP contribution < -0.4 is 16.0 Å². The summed E-state index contributed by atoms with van der Waals surface area (Å²) >= 11 is 0. The number of nitrogens with one attached hydrogen (secondary N) is 1. The molecule has 0 bridgehead atoms. The number of rotatable bonds is 4. The summed E-state index contributed by atoms with van der Waals surface area (Å²) in [6.07, 6.45) is 4.66. The number of carbonyl (C=O) groups is 1. The number of nitrogens with zero attached hydrogens (tertiary/aromatic N) is 1. The number of allylic oxidation sites excluding steroid dienone is 1. The molecule has 0 spiro atoms. The van der Waals surface area contributed by atoms with Crippen LogP contribution in [0.25, 0.3) is 0 Å². The smallest absolute Gasteiger partial charge is 0.224 e. The number of aryl methyl sites for hydroxylation is 1. The van der Waals surface area contributed by atoms with Gasteiger partial charge in [0.25, 0.3) is 0 Å². The second-order valence-corrected chi connectivity index (χ2v) is 5.13. The van der Waals surface area contributed by atoms with Crippen molar-refractivity contribution < 1.29 is 4.79 Å². The Labute approximate surface area is 134 Å². The molecule has 0 unspecified atom stereocenters. The Bertz CT molecular complexity index is 523. The lowest BCUT2D eigenvalue weighted by Gasteiger charge is -2.32. The predicted octanol–water partition coefficient (Wildman–Crippen LogP) is 3.68. The molecule has 22 heavy (non-hydrogen) atoms. The second kappa shape index (κ2) is 9.13. The molecule has 1 aliphatic heterocycles. The van der Waals surface area contributed by atoms with Crippen molar-refractivity contribution in [2.24, 2.45) is 5.73 Å². The van der Waals surface area contributed by atoms with Crippen molar-refractivity contribution in [3.8, 4) is 0 Å². The van der Waals surface area contributed by atoms with Crippen LogP contribution in [-0.2, 0) is 11.2 Å². The van der Waals surface area contributed by atoms with E-state index in [4.69, 9.17) is 5.73 Å². The zero-order chi connectivity index (χ0) is 16.5. The number of fused-ring (bicyclic) bond motifs is 1. The zero-order valence-corrected chi connectivity index (χ0v) is 14.3. The van der Waals surface area contributed by atoms with E-state index in [-0.39, 0.29) is 5.91 Å². The number of anilines is 2. The Morgan fingerprint density at radius 3 is 2.77 bits per heavy atom. The fourth-order valence-electron chi connectivity index (χ4n) is 2.45. The second-order valence-electron chi connectivity index (χ2n) is 5.13. The van der Waals surface area contributed by atoms with Crippen molar-refractivity contribution in [2.75, 3.05) is 23.3 Å². The van der Waals surface area contributed by atoms with Crippen LogP contribution >= 0.6 is 0 Å². The molecule has 4 heteroatoms. The summed E-state index contributed by atoms with van der Waals surface area (Å²) in [5.41, 5.74) is 10.2. The average Bonchev–Trinajstić information content (AvgIpc) is 2.57. The van der Waals surface area contributed by atoms with Crippen LogP contribution in [0.1, 0.15) is 46.1 Å². The van der Waals surface area contributed by atoms with Crippen LogP contribution in [0.3, 0.4) is 0 Å². The van der Waals surface area contributed by atoms with Crippen molar-refractivity contribution in [3.05, 3.63) is 35.5 Å². The van der Waals surface area contributed by atoms with Crippen LogP contribution in [0.2, 0.25) is 0 Å². The first kappa shape index (κ1) is 18.1. The molecule has 0 atom stereocenters. The van der Waals surface area contributed by atoms with Crippen LogP contribution in [0, 0.1) is 0 Å². The largest absolute Gasteiger partial charge is 0.401 e. The number of amides is 1. The lowest BCUT2D eigenvalue weighted by Crippen LogP contribution is -2.33. The molecular formula is C18H29N3O. The van der Waals surface area contributed by atoms with Crippen LogP contribution in [0.15, 0.2) is 30.0 Å². The summed E-state index contributed by atoms with van der Waals surface area (Å²) in [6, 6.07) is 6.15. The van der Waals surface area contributed by atoms with Gasteiger partial charge in [0, 0.05) is 30.0 Å². The van der Waals surface area contributed by atoms with Crippen molar-refractivity contribution in [3.63, 3.8) is 0 Å². The van der Waals surface area contributed by atoms with Gasteiger partial charge in [0.1, 0.15) is 0 Å². The van der Waals surface area contributed by atoms with Gasteiger partial charge in [0.05, 0.1) is 6.54 Å². The van der Waals surface area contributed by atoms with E-state index in [1.165, 1.54) is 11.3 Å². The molecule has 0 aliphatic carbocycles. The van der Waals surface area contributed by atoms with Gasteiger partial charge in [0.2, 0.25) is 5.91 Å². The van der Waals surface area contributed by atoms with Gasteiger partial charge in [-0.25, -0.2) is 0 Å². The molecule has 0 radical (unpaired) electrons. The molecule has 0 fully saturated rings. The molecule has 3 N–H and O–H groups in total. The standard InChI is InChI=1S/C16H23N3O.C2H6/c1-3-13(17)11-19-9-5-6-12-7-8-14(10-15(12)19)18-16(20)4-2;1-2/h3,7-8,10H,4-6,9,11,17H2,1-2H3,(H,18,20);1-2H3/b13-3-;. The Morgan fingerprint density at radius 1 is 1.41 bits per heavy atom. The number of hydrogen-bond donors (Lipinski definition) is 2. The number of nitrogens with two attached hydrogens (primary N) is 1. The molecule has 0 saturated carbocycles. The third kappa shape index (κ3) is 4.79. The fourth-order valence-corrected chi connectivity index (χ4v) is 2.45. The third-order valence-electron chi connectivity index (χ3n) is 3.65. The van der Waals surface area contributed by atoms with Gasteiger partial charge < -0.3 is 16.0 Å².